The van der Waals surface area contributed by atoms with E-state index >= 15 is 0 Å². The number of rotatable bonds is 3. The van der Waals surface area contributed by atoms with Gasteiger partial charge >= 0.3 is 0 Å². The predicted molar refractivity (Wildman–Crippen MR) is 86.5 cm³/mol. The first kappa shape index (κ1) is 19.6. The maximum atomic E-state index is 13.5. The fourth-order valence-corrected chi connectivity index (χ4v) is 2.19. The quantitative estimate of drug-likeness (QED) is 0.834. The Morgan fingerprint density at radius 2 is 2.00 bits per heavy atom. The van der Waals surface area contributed by atoms with E-state index in [9.17, 15) is 9.18 Å². The van der Waals surface area contributed by atoms with Crippen LogP contribution in [0.3, 0.4) is 0 Å². The van der Waals surface area contributed by atoms with Crippen molar-refractivity contribution < 1.29 is 9.18 Å². The molecular weight excluding hydrogens is 372 g/mol. The number of nitrogens with one attached hydrogen (secondary N) is 2. The first-order valence-corrected chi connectivity index (χ1v) is 6.62. The Morgan fingerprint density at radius 3 is 2.60 bits per heavy atom. The third kappa shape index (κ3) is 5.93. The van der Waals surface area contributed by atoms with E-state index in [0.29, 0.717) is 11.0 Å². The molecule has 0 bridgehead atoms. The highest BCUT2D eigenvalue weighted by Gasteiger charge is 2.14. The molecule has 1 aromatic rings. The third-order valence-electron chi connectivity index (χ3n) is 2.78. The normalized spacial score (nSPS) is 14.9. The molecule has 1 aromatic carbocycles. The monoisotopic (exact) mass is 387 g/mol. The van der Waals surface area contributed by atoms with Gasteiger partial charge < -0.3 is 10.6 Å². The molecule has 20 heavy (non-hydrogen) atoms. The number of nitrogens with zero attached hydrogens (tertiary/aromatic N) is 1. The minimum Gasteiger partial charge on any atom is -0.322 e. The highest BCUT2D eigenvalue weighted by atomic mass is 79.9. The number of hydrogen-bond acceptors (Lipinski definition) is 3. The van der Waals surface area contributed by atoms with Crippen LogP contribution >= 0.6 is 40.7 Å². The fraction of sp³-hybridized carbons (Fsp3) is 0.417. The highest BCUT2D eigenvalue weighted by molar-refractivity contribution is 9.10. The Kier molecular flexibility index (Phi) is 9.33. The molecule has 1 heterocycles. The standard InChI is InChI=1S/C12H15BrFN3O.2ClH/c13-9-1-2-11(10(14)7-9)16-12(18)8-17-5-3-15-4-6-17;;/h1-2,7,15H,3-6,8H2,(H,16,18);2*1H. The molecule has 1 fully saturated rings. The van der Waals surface area contributed by atoms with Crippen molar-refractivity contribution in [1.82, 2.24) is 10.2 Å². The van der Waals surface area contributed by atoms with Crippen molar-refractivity contribution in [3.05, 3.63) is 28.5 Å². The van der Waals surface area contributed by atoms with Gasteiger partial charge in [-0.3, -0.25) is 9.69 Å². The van der Waals surface area contributed by atoms with Crippen LogP contribution in [0.15, 0.2) is 22.7 Å². The zero-order valence-electron chi connectivity index (χ0n) is 10.7. The summed E-state index contributed by atoms with van der Waals surface area (Å²) in [6.07, 6.45) is 0. The molecule has 2 N–H and O–H groups in total. The maximum absolute atomic E-state index is 13.5. The van der Waals surface area contributed by atoms with Gasteiger partial charge in [-0.1, -0.05) is 15.9 Å². The van der Waals surface area contributed by atoms with E-state index in [1.165, 1.54) is 6.07 Å². The molecule has 4 nitrogen and oxygen atoms in total. The van der Waals surface area contributed by atoms with Crippen LogP contribution in [0.5, 0.6) is 0 Å². The van der Waals surface area contributed by atoms with Gasteiger partial charge in [-0.25, -0.2) is 4.39 Å². The van der Waals surface area contributed by atoms with Crippen molar-refractivity contribution in [3.63, 3.8) is 0 Å². The third-order valence-corrected chi connectivity index (χ3v) is 3.28. The van der Waals surface area contributed by atoms with E-state index < -0.39 is 5.82 Å². The Bertz CT molecular complexity index is 445. The molecule has 0 aliphatic carbocycles. The number of hydrogen-bond donors (Lipinski definition) is 2. The van der Waals surface area contributed by atoms with Crippen molar-refractivity contribution in [2.24, 2.45) is 0 Å². The summed E-state index contributed by atoms with van der Waals surface area (Å²) >= 11 is 3.17. The van der Waals surface area contributed by atoms with Crippen molar-refractivity contribution in [3.8, 4) is 0 Å². The summed E-state index contributed by atoms with van der Waals surface area (Å²) in [5.74, 6) is -0.615. The van der Waals surface area contributed by atoms with Crippen molar-refractivity contribution >= 4 is 52.3 Å². The molecule has 0 saturated carbocycles. The maximum Gasteiger partial charge on any atom is 0.238 e. The number of piperazine rings is 1. The number of benzene rings is 1. The topological polar surface area (TPSA) is 44.4 Å². The lowest BCUT2D eigenvalue weighted by Gasteiger charge is -2.26. The number of carbonyl (C=O) groups is 1. The molecule has 8 heteroatoms. The van der Waals surface area contributed by atoms with E-state index in [1.807, 2.05) is 4.90 Å². The van der Waals surface area contributed by atoms with E-state index in [4.69, 9.17) is 0 Å². The van der Waals surface area contributed by atoms with Gasteiger partial charge in [0.15, 0.2) is 0 Å². The molecule has 0 radical (unpaired) electrons. The second-order valence-electron chi connectivity index (χ2n) is 4.20. The molecule has 0 aromatic heterocycles. The first-order valence-electron chi connectivity index (χ1n) is 5.83. The minimum absolute atomic E-state index is 0. The van der Waals surface area contributed by atoms with Crippen molar-refractivity contribution in [2.75, 3.05) is 38.0 Å². The molecule has 1 saturated heterocycles. The summed E-state index contributed by atoms with van der Waals surface area (Å²) in [5, 5.41) is 5.80. The van der Waals surface area contributed by atoms with Gasteiger partial charge in [0.1, 0.15) is 5.82 Å². The van der Waals surface area contributed by atoms with E-state index in [-0.39, 0.29) is 36.4 Å². The smallest absolute Gasteiger partial charge is 0.238 e. The Hall–Kier alpha value is -0.400. The molecule has 1 aliphatic heterocycles. The summed E-state index contributed by atoms with van der Waals surface area (Å²) < 4.78 is 14.2. The molecule has 0 atom stereocenters. The Morgan fingerprint density at radius 1 is 1.35 bits per heavy atom. The predicted octanol–water partition coefficient (Wildman–Crippen LogP) is 2.28. The molecule has 114 valence electrons. The van der Waals surface area contributed by atoms with Crippen LogP contribution in [-0.4, -0.2) is 43.5 Å². The number of halogens is 4. The van der Waals surface area contributed by atoms with Crippen LogP contribution < -0.4 is 10.6 Å². The van der Waals surface area contributed by atoms with Crippen molar-refractivity contribution in [1.29, 1.82) is 0 Å². The average Bonchev–Trinajstić information content (AvgIpc) is 2.34. The summed E-state index contributed by atoms with van der Waals surface area (Å²) in [4.78, 5) is 13.8. The summed E-state index contributed by atoms with van der Waals surface area (Å²) in [6, 6.07) is 4.58. The van der Waals surface area contributed by atoms with Gasteiger partial charge in [0.25, 0.3) is 0 Å². The number of amides is 1. The van der Waals surface area contributed by atoms with Gasteiger partial charge in [0.2, 0.25) is 5.91 Å². The van der Waals surface area contributed by atoms with Crippen LogP contribution in [0.1, 0.15) is 0 Å². The molecule has 1 aliphatic rings. The Balaban J connectivity index is 0.00000180. The molecular formula is C12H17BrCl2FN3O. The lowest BCUT2D eigenvalue weighted by atomic mass is 10.3. The van der Waals surface area contributed by atoms with Gasteiger partial charge in [0.05, 0.1) is 12.2 Å². The zero-order valence-corrected chi connectivity index (χ0v) is 13.9. The molecule has 2 rings (SSSR count). The van der Waals surface area contributed by atoms with Crippen molar-refractivity contribution in [2.45, 2.75) is 0 Å². The van der Waals surface area contributed by atoms with Gasteiger partial charge in [0, 0.05) is 30.7 Å². The lowest BCUT2D eigenvalue weighted by Crippen LogP contribution is -2.46. The van der Waals surface area contributed by atoms with Crippen LogP contribution in [0, 0.1) is 5.82 Å². The molecule has 0 spiro atoms. The van der Waals surface area contributed by atoms with Crippen LogP contribution in [0.4, 0.5) is 10.1 Å². The molecule has 0 unspecified atom stereocenters. The van der Waals surface area contributed by atoms with E-state index in [1.54, 1.807) is 12.1 Å². The highest BCUT2D eigenvalue weighted by Crippen LogP contribution is 2.19. The van der Waals surface area contributed by atoms with E-state index in [2.05, 4.69) is 26.6 Å². The molecule has 1 amide bonds. The number of carbonyl (C=O) groups excluding carboxylic acids is 1. The zero-order chi connectivity index (χ0) is 13.0. The SMILES string of the molecule is Cl.Cl.O=C(CN1CCNCC1)Nc1ccc(Br)cc1F. The lowest BCUT2D eigenvalue weighted by molar-refractivity contribution is -0.117. The Labute approximate surface area is 138 Å². The summed E-state index contributed by atoms with van der Waals surface area (Å²) in [5.41, 5.74) is 0.221. The second kappa shape index (κ2) is 9.52. The minimum atomic E-state index is -0.432. The van der Waals surface area contributed by atoms with Gasteiger partial charge in [-0.05, 0) is 18.2 Å². The first-order chi connectivity index (χ1) is 8.65. The average molecular weight is 389 g/mol. The number of anilines is 1. The van der Waals surface area contributed by atoms with E-state index in [0.717, 1.165) is 26.2 Å². The fourth-order valence-electron chi connectivity index (χ4n) is 1.85. The summed E-state index contributed by atoms with van der Waals surface area (Å²) in [6.45, 7) is 3.77. The van der Waals surface area contributed by atoms with Crippen LogP contribution in [0.2, 0.25) is 0 Å². The van der Waals surface area contributed by atoms with Gasteiger partial charge in [-0.2, -0.15) is 0 Å². The van der Waals surface area contributed by atoms with Gasteiger partial charge in [-0.15, -0.1) is 24.8 Å². The van der Waals surface area contributed by atoms with Crippen LogP contribution in [-0.2, 0) is 4.79 Å². The van der Waals surface area contributed by atoms with Crippen LogP contribution in [0.25, 0.3) is 0 Å². The second-order valence-corrected chi connectivity index (χ2v) is 5.11. The summed E-state index contributed by atoms with van der Waals surface area (Å²) in [7, 11) is 0. The largest absolute Gasteiger partial charge is 0.322 e.